The minimum atomic E-state index is -0.291. The summed E-state index contributed by atoms with van der Waals surface area (Å²) in [5.74, 6) is -0.291. The molecule has 0 spiro atoms. The standard InChI is InChI=1S/C19H25ClN2O2/c1-4-19(7-9-22(3)10-8-19)12-24-18(23)14-11-21-15-6-5-13(2)17(20)16(14)15/h5-6,11,21H,4,7-10,12H2,1-3H3. The summed E-state index contributed by atoms with van der Waals surface area (Å²) in [6.07, 6.45) is 4.87. The van der Waals surface area contributed by atoms with E-state index in [4.69, 9.17) is 16.3 Å². The molecule has 1 aliphatic heterocycles. The van der Waals surface area contributed by atoms with Crippen molar-refractivity contribution < 1.29 is 9.53 Å². The van der Waals surface area contributed by atoms with Gasteiger partial charge in [0.05, 0.1) is 17.2 Å². The van der Waals surface area contributed by atoms with E-state index < -0.39 is 0 Å². The van der Waals surface area contributed by atoms with Crippen molar-refractivity contribution in [2.75, 3.05) is 26.7 Å². The Morgan fingerprint density at radius 1 is 1.38 bits per heavy atom. The number of esters is 1. The van der Waals surface area contributed by atoms with Crippen LogP contribution >= 0.6 is 11.6 Å². The molecule has 1 aliphatic rings. The van der Waals surface area contributed by atoms with Crippen LogP contribution in [0.3, 0.4) is 0 Å². The summed E-state index contributed by atoms with van der Waals surface area (Å²) in [5.41, 5.74) is 2.45. The van der Waals surface area contributed by atoms with Gasteiger partial charge in [-0.05, 0) is 58.0 Å². The second-order valence-corrected chi connectivity index (χ2v) is 7.43. The van der Waals surface area contributed by atoms with Crippen molar-refractivity contribution in [3.8, 4) is 0 Å². The van der Waals surface area contributed by atoms with E-state index in [9.17, 15) is 4.79 Å². The van der Waals surface area contributed by atoms with Crippen LogP contribution in [0.25, 0.3) is 10.9 Å². The predicted octanol–water partition coefficient (Wildman–Crippen LogP) is 4.41. The number of H-pyrrole nitrogens is 1. The first-order chi connectivity index (χ1) is 11.5. The van der Waals surface area contributed by atoms with E-state index in [0.29, 0.717) is 17.2 Å². The predicted molar refractivity (Wildman–Crippen MR) is 97.8 cm³/mol. The summed E-state index contributed by atoms with van der Waals surface area (Å²) in [5, 5.41) is 1.38. The molecule has 1 aromatic heterocycles. The Balaban J connectivity index is 1.77. The zero-order valence-corrected chi connectivity index (χ0v) is 15.4. The first kappa shape index (κ1) is 17.3. The first-order valence-electron chi connectivity index (χ1n) is 8.57. The maximum atomic E-state index is 12.6. The number of piperidine rings is 1. The zero-order valence-electron chi connectivity index (χ0n) is 14.6. The van der Waals surface area contributed by atoms with Crippen molar-refractivity contribution >= 4 is 28.5 Å². The van der Waals surface area contributed by atoms with Crippen LogP contribution in [-0.2, 0) is 4.74 Å². The summed E-state index contributed by atoms with van der Waals surface area (Å²) in [4.78, 5) is 18.1. The molecular weight excluding hydrogens is 324 g/mol. The molecule has 1 fully saturated rings. The number of aryl methyl sites for hydroxylation is 1. The number of likely N-dealkylation sites (tertiary alicyclic amines) is 1. The lowest BCUT2D eigenvalue weighted by molar-refractivity contribution is 0.00747. The van der Waals surface area contributed by atoms with Crippen molar-refractivity contribution in [3.05, 3.63) is 34.5 Å². The lowest BCUT2D eigenvalue weighted by atomic mass is 9.77. The number of aromatic amines is 1. The third-order valence-electron chi connectivity index (χ3n) is 5.50. The van der Waals surface area contributed by atoms with Crippen molar-refractivity contribution in [1.29, 1.82) is 0 Å². The van der Waals surface area contributed by atoms with Gasteiger partial charge in [0.1, 0.15) is 0 Å². The zero-order chi connectivity index (χ0) is 17.3. The molecule has 0 aliphatic carbocycles. The van der Waals surface area contributed by atoms with Crippen molar-refractivity contribution in [2.24, 2.45) is 5.41 Å². The fourth-order valence-corrected chi connectivity index (χ4v) is 3.70. The summed E-state index contributed by atoms with van der Waals surface area (Å²) >= 11 is 6.40. The van der Waals surface area contributed by atoms with Gasteiger partial charge in [-0.3, -0.25) is 0 Å². The van der Waals surface area contributed by atoms with E-state index in [0.717, 1.165) is 48.8 Å². The molecule has 0 atom stereocenters. The maximum absolute atomic E-state index is 12.6. The minimum Gasteiger partial charge on any atom is -0.461 e. The van der Waals surface area contributed by atoms with Crippen LogP contribution in [0.2, 0.25) is 5.02 Å². The van der Waals surface area contributed by atoms with Crippen LogP contribution in [0.1, 0.15) is 42.1 Å². The molecule has 0 bridgehead atoms. The molecule has 0 unspecified atom stereocenters. The van der Waals surface area contributed by atoms with Gasteiger partial charge in [0.25, 0.3) is 0 Å². The molecule has 4 nitrogen and oxygen atoms in total. The summed E-state index contributed by atoms with van der Waals surface area (Å²) in [6, 6.07) is 3.89. The number of rotatable bonds is 4. The highest BCUT2D eigenvalue weighted by Gasteiger charge is 2.33. The van der Waals surface area contributed by atoms with E-state index in [1.165, 1.54) is 0 Å². The van der Waals surface area contributed by atoms with E-state index in [2.05, 4.69) is 23.9 Å². The Morgan fingerprint density at radius 2 is 2.08 bits per heavy atom. The number of aromatic nitrogens is 1. The van der Waals surface area contributed by atoms with Crippen molar-refractivity contribution in [3.63, 3.8) is 0 Å². The highest BCUT2D eigenvalue weighted by Crippen LogP contribution is 2.36. The molecule has 1 N–H and O–H groups in total. The molecule has 0 radical (unpaired) electrons. The second kappa shape index (κ2) is 6.77. The molecule has 2 heterocycles. The average molecular weight is 349 g/mol. The smallest absolute Gasteiger partial charge is 0.340 e. The van der Waals surface area contributed by atoms with Gasteiger partial charge in [-0.25, -0.2) is 4.79 Å². The fourth-order valence-electron chi connectivity index (χ4n) is 3.44. The van der Waals surface area contributed by atoms with Gasteiger partial charge in [-0.2, -0.15) is 0 Å². The Hall–Kier alpha value is -1.52. The fraction of sp³-hybridized carbons (Fsp3) is 0.526. The lowest BCUT2D eigenvalue weighted by Gasteiger charge is -2.39. The van der Waals surface area contributed by atoms with Crippen LogP contribution < -0.4 is 0 Å². The van der Waals surface area contributed by atoms with E-state index in [-0.39, 0.29) is 11.4 Å². The molecule has 2 aromatic rings. The highest BCUT2D eigenvalue weighted by atomic mass is 35.5. The molecule has 1 aromatic carbocycles. The van der Waals surface area contributed by atoms with Crippen LogP contribution in [-0.4, -0.2) is 42.6 Å². The number of hydrogen-bond donors (Lipinski definition) is 1. The molecule has 130 valence electrons. The quantitative estimate of drug-likeness (QED) is 0.832. The number of nitrogens with zero attached hydrogens (tertiary/aromatic N) is 1. The number of halogens is 1. The molecule has 1 saturated heterocycles. The SMILES string of the molecule is CCC1(COC(=O)c2c[nH]c3ccc(C)c(Cl)c23)CCN(C)CC1. The molecule has 0 amide bonds. The number of carbonyl (C=O) groups excluding carboxylic acids is 1. The third kappa shape index (κ3) is 3.17. The second-order valence-electron chi connectivity index (χ2n) is 7.05. The van der Waals surface area contributed by atoms with Crippen LogP contribution in [0.15, 0.2) is 18.3 Å². The monoisotopic (exact) mass is 348 g/mol. The van der Waals surface area contributed by atoms with E-state index in [1.54, 1.807) is 6.20 Å². The van der Waals surface area contributed by atoms with Gasteiger partial charge in [-0.1, -0.05) is 24.6 Å². The third-order valence-corrected chi connectivity index (χ3v) is 5.99. The molecule has 3 rings (SSSR count). The van der Waals surface area contributed by atoms with Crippen molar-refractivity contribution in [2.45, 2.75) is 33.1 Å². The number of fused-ring (bicyclic) bond motifs is 1. The largest absolute Gasteiger partial charge is 0.461 e. The molecule has 0 saturated carbocycles. The Bertz CT molecular complexity index is 745. The molecule has 5 heteroatoms. The average Bonchev–Trinajstić information content (AvgIpc) is 3.03. The Morgan fingerprint density at radius 3 is 2.75 bits per heavy atom. The number of nitrogens with one attached hydrogen (secondary N) is 1. The van der Waals surface area contributed by atoms with Crippen molar-refractivity contribution in [1.82, 2.24) is 9.88 Å². The molecule has 24 heavy (non-hydrogen) atoms. The van der Waals surface area contributed by atoms with Gasteiger partial charge >= 0.3 is 5.97 Å². The number of carbonyl (C=O) groups is 1. The number of benzene rings is 1. The minimum absolute atomic E-state index is 0.105. The topological polar surface area (TPSA) is 45.3 Å². The van der Waals surface area contributed by atoms with Gasteiger partial charge in [0.15, 0.2) is 0 Å². The van der Waals surface area contributed by atoms with Gasteiger partial charge in [0, 0.05) is 22.5 Å². The van der Waals surface area contributed by atoms with E-state index in [1.807, 2.05) is 19.1 Å². The first-order valence-corrected chi connectivity index (χ1v) is 8.95. The van der Waals surface area contributed by atoms with E-state index >= 15 is 0 Å². The van der Waals surface area contributed by atoms with Gasteiger partial charge in [-0.15, -0.1) is 0 Å². The lowest BCUT2D eigenvalue weighted by Crippen LogP contribution is -2.40. The highest BCUT2D eigenvalue weighted by molar-refractivity contribution is 6.37. The van der Waals surface area contributed by atoms with Crippen LogP contribution in [0.4, 0.5) is 0 Å². The Kier molecular flexibility index (Phi) is 4.88. The Labute approximate surface area is 148 Å². The summed E-state index contributed by atoms with van der Waals surface area (Å²) < 4.78 is 5.72. The summed E-state index contributed by atoms with van der Waals surface area (Å²) in [7, 11) is 2.14. The van der Waals surface area contributed by atoms with Gasteiger partial charge < -0.3 is 14.6 Å². The maximum Gasteiger partial charge on any atom is 0.340 e. The van der Waals surface area contributed by atoms with Crippen LogP contribution in [0.5, 0.6) is 0 Å². The normalized spacial score (nSPS) is 18.0. The number of ether oxygens (including phenoxy) is 1. The number of hydrogen-bond acceptors (Lipinski definition) is 3. The summed E-state index contributed by atoms with van der Waals surface area (Å²) in [6.45, 7) is 6.72. The van der Waals surface area contributed by atoms with Crippen LogP contribution in [0, 0.1) is 12.3 Å². The molecular formula is C19H25ClN2O2. The van der Waals surface area contributed by atoms with Gasteiger partial charge in [0.2, 0.25) is 0 Å².